The number of hydrogen-bond acceptors (Lipinski definition) is 3. The third-order valence-electron chi connectivity index (χ3n) is 4.78. The molecule has 0 aliphatic rings. The van der Waals surface area contributed by atoms with Crippen LogP contribution in [0.25, 0.3) is 10.9 Å². The molecule has 0 fully saturated rings. The zero-order chi connectivity index (χ0) is 20.5. The predicted molar refractivity (Wildman–Crippen MR) is 112 cm³/mol. The Morgan fingerprint density at radius 3 is 2.54 bits per heavy atom. The van der Waals surface area contributed by atoms with E-state index in [0.717, 1.165) is 16.5 Å². The molecule has 1 heterocycles. The van der Waals surface area contributed by atoms with Crippen molar-refractivity contribution >= 4 is 16.8 Å². The van der Waals surface area contributed by atoms with Crippen LogP contribution in [0.2, 0.25) is 0 Å². The minimum absolute atomic E-state index is 0.143. The second-order valence-electron chi connectivity index (χ2n) is 8.01. The third-order valence-corrected chi connectivity index (χ3v) is 4.78. The van der Waals surface area contributed by atoms with Crippen LogP contribution in [0.3, 0.4) is 0 Å². The van der Waals surface area contributed by atoms with Crippen LogP contribution in [0.5, 0.6) is 5.75 Å². The fourth-order valence-electron chi connectivity index (χ4n) is 3.18. The molecule has 0 unspecified atom stereocenters. The largest absolute Gasteiger partial charge is 0.497 e. The maximum absolute atomic E-state index is 13.3. The number of nitrogens with zero attached hydrogens (tertiary/aromatic N) is 1. The summed E-state index contributed by atoms with van der Waals surface area (Å²) in [6.07, 6.45) is 0. The van der Waals surface area contributed by atoms with Crippen LogP contribution in [-0.4, -0.2) is 28.4 Å². The minimum Gasteiger partial charge on any atom is -0.497 e. The van der Waals surface area contributed by atoms with E-state index in [2.05, 4.69) is 4.98 Å². The van der Waals surface area contributed by atoms with Gasteiger partial charge in [-0.05, 0) is 69.5 Å². The Labute approximate surface area is 165 Å². The summed E-state index contributed by atoms with van der Waals surface area (Å²) in [5.74, 6) is 0.480. The van der Waals surface area contributed by atoms with Crippen LogP contribution in [-0.2, 0) is 6.54 Å². The molecule has 0 aliphatic carbocycles. The first kappa shape index (κ1) is 19.7. The van der Waals surface area contributed by atoms with Crippen LogP contribution in [0.15, 0.2) is 53.3 Å². The lowest BCUT2D eigenvalue weighted by molar-refractivity contribution is 0.0557. The van der Waals surface area contributed by atoms with Crippen LogP contribution in [0.4, 0.5) is 0 Å². The third kappa shape index (κ3) is 4.09. The summed E-state index contributed by atoms with van der Waals surface area (Å²) in [6, 6.07) is 14.8. The fourth-order valence-corrected chi connectivity index (χ4v) is 3.18. The Bertz CT molecular complexity index is 1080. The molecule has 0 saturated heterocycles. The van der Waals surface area contributed by atoms with Gasteiger partial charge in [-0.2, -0.15) is 0 Å². The topological polar surface area (TPSA) is 62.4 Å². The molecule has 146 valence electrons. The monoisotopic (exact) mass is 378 g/mol. The number of carbonyl (C=O) groups excluding carboxylic acids is 1. The van der Waals surface area contributed by atoms with Crippen molar-refractivity contribution in [1.82, 2.24) is 9.88 Å². The van der Waals surface area contributed by atoms with Crippen molar-refractivity contribution < 1.29 is 9.53 Å². The number of hydrogen-bond donors (Lipinski definition) is 1. The van der Waals surface area contributed by atoms with Crippen LogP contribution >= 0.6 is 0 Å². The molecule has 0 bridgehead atoms. The number of pyridine rings is 1. The number of methoxy groups -OCH3 is 1. The van der Waals surface area contributed by atoms with Crippen LogP contribution in [0, 0.1) is 6.92 Å². The second-order valence-corrected chi connectivity index (χ2v) is 8.01. The molecule has 0 saturated carbocycles. The Morgan fingerprint density at radius 2 is 1.86 bits per heavy atom. The molecule has 1 aromatic heterocycles. The van der Waals surface area contributed by atoms with Gasteiger partial charge < -0.3 is 14.6 Å². The highest BCUT2D eigenvalue weighted by molar-refractivity contribution is 5.95. The molecule has 3 rings (SSSR count). The SMILES string of the molecule is COc1cccc(C(=O)N(Cc2cc3cc(C)ccc3[nH]c2=O)C(C)(C)C)c1. The molecule has 0 atom stereocenters. The summed E-state index contributed by atoms with van der Waals surface area (Å²) in [6.45, 7) is 8.12. The molecule has 3 aromatic rings. The van der Waals surface area contributed by atoms with E-state index in [9.17, 15) is 9.59 Å². The maximum Gasteiger partial charge on any atom is 0.254 e. The van der Waals surface area contributed by atoms with Crippen molar-refractivity contribution in [2.75, 3.05) is 7.11 Å². The predicted octanol–water partition coefficient (Wildman–Crippen LogP) is 4.29. The summed E-state index contributed by atoms with van der Waals surface area (Å²) in [7, 11) is 1.57. The summed E-state index contributed by atoms with van der Waals surface area (Å²) >= 11 is 0. The molecule has 0 spiro atoms. The van der Waals surface area contributed by atoms with Gasteiger partial charge in [0.15, 0.2) is 0 Å². The molecule has 28 heavy (non-hydrogen) atoms. The number of rotatable bonds is 4. The van der Waals surface area contributed by atoms with Crippen molar-refractivity contribution in [3.63, 3.8) is 0 Å². The van der Waals surface area contributed by atoms with Crippen molar-refractivity contribution in [2.24, 2.45) is 0 Å². The van der Waals surface area contributed by atoms with Gasteiger partial charge in [0.05, 0.1) is 13.7 Å². The van der Waals surface area contributed by atoms with Gasteiger partial charge in [0.1, 0.15) is 5.75 Å². The van der Waals surface area contributed by atoms with Crippen molar-refractivity contribution in [1.29, 1.82) is 0 Å². The molecule has 2 aromatic carbocycles. The number of H-pyrrole nitrogens is 1. The van der Waals surface area contributed by atoms with Gasteiger partial charge in [-0.15, -0.1) is 0 Å². The molecule has 1 amide bonds. The second kappa shape index (κ2) is 7.50. The molecule has 5 nitrogen and oxygen atoms in total. The molecule has 0 aliphatic heterocycles. The first-order valence-corrected chi connectivity index (χ1v) is 9.27. The average Bonchev–Trinajstić information content (AvgIpc) is 2.65. The average molecular weight is 378 g/mol. The fraction of sp³-hybridized carbons (Fsp3) is 0.304. The lowest BCUT2D eigenvalue weighted by Crippen LogP contribution is -2.46. The van der Waals surface area contributed by atoms with Gasteiger partial charge >= 0.3 is 0 Å². The molecule has 5 heteroatoms. The van der Waals surface area contributed by atoms with E-state index in [1.54, 1.807) is 36.3 Å². The van der Waals surface area contributed by atoms with E-state index >= 15 is 0 Å². The molecular formula is C23H26N2O3. The lowest BCUT2D eigenvalue weighted by atomic mass is 10.0. The van der Waals surface area contributed by atoms with E-state index in [0.29, 0.717) is 16.9 Å². The summed E-state index contributed by atoms with van der Waals surface area (Å²) in [4.78, 5) is 30.5. The zero-order valence-corrected chi connectivity index (χ0v) is 17.0. The first-order chi connectivity index (χ1) is 13.2. The Morgan fingerprint density at radius 1 is 1.11 bits per heavy atom. The number of ether oxygens (including phenoxy) is 1. The number of benzene rings is 2. The number of carbonyl (C=O) groups is 1. The Balaban J connectivity index is 2.02. The highest BCUT2D eigenvalue weighted by Gasteiger charge is 2.28. The van der Waals surface area contributed by atoms with Crippen LogP contribution < -0.4 is 10.3 Å². The molecule has 0 radical (unpaired) electrons. The van der Waals surface area contributed by atoms with Gasteiger partial charge in [0, 0.05) is 22.2 Å². The standard InChI is InChI=1S/C23H26N2O3/c1-15-9-10-20-17(11-15)12-18(21(26)24-20)14-25(23(2,3)4)22(27)16-7-6-8-19(13-16)28-5/h6-13H,14H2,1-5H3,(H,24,26). The van der Waals surface area contributed by atoms with Gasteiger partial charge in [-0.3, -0.25) is 9.59 Å². The normalized spacial score (nSPS) is 11.5. The highest BCUT2D eigenvalue weighted by Crippen LogP contribution is 2.23. The van der Waals surface area contributed by atoms with Gasteiger partial charge in [-0.1, -0.05) is 17.7 Å². The number of aryl methyl sites for hydroxylation is 1. The summed E-state index contributed by atoms with van der Waals surface area (Å²) in [5.41, 5.74) is 2.36. The van der Waals surface area contributed by atoms with E-state index in [-0.39, 0.29) is 18.0 Å². The molecular weight excluding hydrogens is 352 g/mol. The number of nitrogens with one attached hydrogen (secondary N) is 1. The van der Waals surface area contributed by atoms with E-state index < -0.39 is 5.54 Å². The zero-order valence-electron chi connectivity index (χ0n) is 17.0. The van der Waals surface area contributed by atoms with Gasteiger partial charge in [0.2, 0.25) is 0 Å². The maximum atomic E-state index is 13.3. The Hall–Kier alpha value is -3.08. The molecule has 1 N–H and O–H groups in total. The van der Waals surface area contributed by atoms with Crippen molar-refractivity contribution in [3.8, 4) is 5.75 Å². The van der Waals surface area contributed by atoms with Crippen molar-refractivity contribution in [3.05, 3.63) is 75.6 Å². The van der Waals surface area contributed by atoms with Gasteiger partial charge in [-0.25, -0.2) is 0 Å². The Kier molecular flexibility index (Phi) is 5.27. The number of fused-ring (bicyclic) bond motifs is 1. The number of amides is 1. The highest BCUT2D eigenvalue weighted by atomic mass is 16.5. The van der Waals surface area contributed by atoms with Crippen molar-refractivity contribution in [2.45, 2.75) is 39.8 Å². The smallest absolute Gasteiger partial charge is 0.254 e. The van der Waals surface area contributed by atoms with E-state index in [4.69, 9.17) is 4.74 Å². The first-order valence-electron chi connectivity index (χ1n) is 9.27. The van der Waals surface area contributed by atoms with E-state index in [1.807, 2.05) is 52.0 Å². The quantitative estimate of drug-likeness (QED) is 0.737. The van der Waals surface area contributed by atoms with E-state index in [1.165, 1.54) is 0 Å². The van der Waals surface area contributed by atoms with Crippen LogP contribution in [0.1, 0.15) is 42.3 Å². The number of aromatic amines is 1. The number of aromatic nitrogens is 1. The lowest BCUT2D eigenvalue weighted by Gasteiger charge is -2.36. The summed E-state index contributed by atoms with van der Waals surface area (Å²) in [5, 5.41) is 0.956. The summed E-state index contributed by atoms with van der Waals surface area (Å²) < 4.78 is 5.24. The minimum atomic E-state index is -0.464. The van der Waals surface area contributed by atoms with Gasteiger partial charge in [0.25, 0.3) is 11.5 Å².